The normalized spacial score (nSPS) is 10.5. The zero-order valence-corrected chi connectivity index (χ0v) is 13.8. The lowest BCUT2D eigenvalue weighted by Gasteiger charge is -2.10. The Kier molecular flexibility index (Phi) is 6.36. The molecule has 5 heteroatoms. The van der Waals surface area contributed by atoms with Crippen LogP contribution in [-0.4, -0.2) is 26.8 Å². The van der Waals surface area contributed by atoms with Crippen LogP contribution < -0.4 is 14.8 Å². The number of hydrogen-bond acceptors (Lipinski definition) is 4. The van der Waals surface area contributed by atoms with Gasteiger partial charge in [0.15, 0.2) is 0 Å². The van der Waals surface area contributed by atoms with E-state index in [0.717, 1.165) is 35.5 Å². The number of nitrogens with one attached hydrogen (secondary N) is 1. The highest BCUT2D eigenvalue weighted by atomic mass is 79.9. The minimum atomic E-state index is 0.648. The molecular formula is C15H18BrNO2S. The van der Waals surface area contributed by atoms with Crippen LogP contribution in [0.2, 0.25) is 0 Å². The Bertz CT molecular complexity index is 517. The van der Waals surface area contributed by atoms with E-state index in [1.54, 1.807) is 18.4 Å². The van der Waals surface area contributed by atoms with Crippen molar-refractivity contribution in [2.24, 2.45) is 0 Å². The summed E-state index contributed by atoms with van der Waals surface area (Å²) < 4.78 is 11.8. The van der Waals surface area contributed by atoms with E-state index in [9.17, 15) is 0 Å². The largest absolute Gasteiger partial charge is 0.497 e. The molecule has 0 saturated heterocycles. The number of benzene rings is 1. The maximum atomic E-state index is 5.71. The first-order chi connectivity index (χ1) is 9.79. The van der Waals surface area contributed by atoms with E-state index in [1.807, 2.05) is 18.2 Å². The van der Waals surface area contributed by atoms with Gasteiger partial charge in [-0.1, -0.05) is 6.07 Å². The van der Waals surface area contributed by atoms with E-state index in [-0.39, 0.29) is 0 Å². The fourth-order valence-corrected chi connectivity index (χ4v) is 2.93. The molecule has 0 atom stereocenters. The molecule has 0 spiro atoms. The van der Waals surface area contributed by atoms with E-state index in [2.05, 4.69) is 38.8 Å². The molecule has 0 aliphatic heterocycles. The van der Waals surface area contributed by atoms with E-state index in [0.29, 0.717) is 6.61 Å². The number of thiophene rings is 1. The molecule has 3 nitrogen and oxygen atoms in total. The molecule has 1 aromatic heterocycles. The van der Waals surface area contributed by atoms with Crippen LogP contribution in [0.3, 0.4) is 0 Å². The Morgan fingerprint density at radius 3 is 2.85 bits per heavy atom. The van der Waals surface area contributed by atoms with Crippen LogP contribution in [0, 0.1) is 0 Å². The second-order valence-corrected chi connectivity index (χ2v) is 6.11. The van der Waals surface area contributed by atoms with E-state index in [4.69, 9.17) is 9.47 Å². The molecular weight excluding hydrogens is 338 g/mol. The van der Waals surface area contributed by atoms with Crippen molar-refractivity contribution in [3.8, 4) is 11.5 Å². The van der Waals surface area contributed by atoms with E-state index >= 15 is 0 Å². The van der Waals surface area contributed by atoms with Crippen LogP contribution in [0.25, 0.3) is 0 Å². The van der Waals surface area contributed by atoms with Gasteiger partial charge in [0.2, 0.25) is 0 Å². The molecule has 0 aliphatic rings. The zero-order valence-electron chi connectivity index (χ0n) is 11.4. The van der Waals surface area contributed by atoms with Crippen molar-refractivity contribution in [2.75, 3.05) is 26.8 Å². The summed E-state index contributed by atoms with van der Waals surface area (Å²) in [6.07, 6.45) is 1.07. The first kappa shape index (κ1) is 15.4. The van der Waals surface area contributed by atoms with Gasteiger partial charge >= 0.3 is 0 Å². The average Bonchev–Trinajstić information content (AvgIpc) is 2.97. The van der Waals surface area contributed by atoms with Crippen LogP contribution in [-0.2, 0) is 6.42 Å². The zero-order chi connectivity index (χ0) is 14.2. The molecule has 0 saturated carbocycles. The summed E-state index contributed by atoms with van der Waals surface area (Å²) in [7, 11) is 1.65. The lowest BCUT2D eigenvalue weighted by atomic mass is 10.3. The van der Waals surface area contributed by atoms with E-state index in [1.165, 1.54) is 4.88 Å². The first-order valence-corrected chi connectivity index (χ1v) is 8.16. The minimum Gasteiger partial charge on any atom is -0.497 e. The van der Waals surface area contributed by atoms with E-state index < -0.39 is 0 Å². The summed E-state index contributed by atoms with van der Waals surface area (Å²) in [6, 6.07) is 9.96. The summed E-state index contributed by atoms with van der Waals surface area (Å²) in [5, 5.41) is 5.49. The highest BCUT2D eigenvalue weighted by molar-refractivity contribution is 9.10. The molecule has 1 heterocycles. The number of ether oxygens (including phenoxy) is 2. The summed E-state index contributed by atoms with van der Waals surface area (Å²) >= 11 is 5.27. The van der Waals surface area contributed by atoms with Gasteiger partial charge in [-0.2, -0.15) is 0 Å². The van der Waals surface area contributed by atoms with Crippen LogP contribution in [0.5, 0.6) is 11.5 Å². The topological polar surface area (TPSA) is 30.5 Å². The van der Waals surface area contributed by atoms with Gasteiger partial charge in [0.1, 0.15) is 18.1 Å². The fraction of sp³-hybridized carbons (Fsp3) is 0.333. The second kappa shape index (κ2) is 8.29. The van der Waals surface area contributed by atoms with Gasteiger partial charge in [-0.3, -0.25) is 0 Å². The second-order valence-electron chi connectivity index (χ2n) is 4.22. The fourth-order valence-electron chi connectivity index (χ4n) is 1.75. The molecule has 1 N–H and O–H groups in total. The molecule has 0 bridgehead atoms. The summed E-state index contributed by atoms with van der Waals surface area (Å²) in [6.45, 7) is 2.47. The maximum absolute atomic E-state index is 5.71. The molecule has 0 amide bonds. The third kappa shape index (κ3) is 4.81. The Morgan fingerprint density at radius 2 is 2.15 bits per heavy atom. The Hall–Kier alpha value is -1.04. The van der Waals surface area contributed by atoms with Crippen LogP contribution in [0.1, 0.15) is 4.88 Å². The standard InChI is InChI=1S/C15H18BrNO2S/c1-18-12-4-5-15(14(16)11-12)19-9-8-17-7-6-13-3-2-10-20-13/h2-5,10-11,17H,6-9H2,1H3. The number of halogens is 1. The molecule has 0 radical (unpaired) electrons. The predicted octanol–water partition coefficient (Wildman–Crippen LogP) is 3.73. The molecule has 2 aromatic rings. The van der Waals surface area contributed by atoms with Crippen molar-refractivity contribution in [1.82, 2.24) is 5.32 Å². The number of hydrogen-bond donors (Lipinski definition) is 1. The van der Waals surface area contributed by atoms with Crippen molar-refractivity contribution in [3.05, 3.63) is 45.1 Å². The molecule has 0 unspecified atom stereocenters. The van der Waals surface area contributed by atoms with Crippen LogP contribution >= 0.6 is 27.3 Å². The molecule has 20 heavy (non-hydrogen) atoms. The van der Waals surface area contributed by atoms with Crippen LogP contribution in [0.15, 0.2) is 40.2 Å². The Balaban J connectivity index is 1.63. The van der Waals surface area contributed by atoms with Gasteiger partial charge in [-0.15, -0.1) is 11.3 Å². The monoisotopic (exact) mass is 355 g/mol. The van der Waals surface area contributed by atoms with Gasteiger partial charge in [0.05, 0.1) is 11.6 Å². The van der Waals surface area contributed by atoms with Gasteiger partial charge < -0.3 is 14.8 Å². The molecule has 108 valence electrons. The highest BCUT2D eigenvalue weighted by Gasteiger charge is 2.02. The van der Waals surface area contributed by atoms with Crippen molar-refractivity contribution >= 4 is 27.3 Å². The Morgan fingerprint density at radius 1 is 1.25 bits per heavy atom. The summed E-state index contributed by atoms with van der Waals surface area (Å²) in [5.41, 5.74) is 0. The van der Waals surface area contributed by atoms with Gasteiger partial charge in [0, 0.05) is 18.0 Å². The SMILES string of the molecule is COc1ccc(OCCNCCc2cccs2)c(Br)c1. The van der Waals surface area contributed by atoms with Gasteiger partial charge in [0.25, 0.3) is 0 Å². The van der Waals surface area contributed by atoms with Crippen molar-refractivity contribution in [1.29, 1.82) is 0 Å². The van der Waals surface area contributed by atoms with Gasteiger partial charge in [-0.25, -0.2) is 0 Å². The number of methoxy groups -OCH3 is 1. The first-order valence-electron chi connectivity index (χ1n) is 6.49. The quantitative estimate of drug-likeness (QED) is 0.731. The molecule has 0 fully saturated rings. The van der Waals surface area contributed by atoms with Crippen molar-refractivity contribution in [2.45, 2.75) is 6.42 Å². The smallest absolute Gasteiger partial charge is 0.133 e. The highest BCUT2D eigenvalue weighted by Crippen LogP contribution is 2.28. The van der Waals surface area contributed by atoms with Crippen molar-refractivity contribution < 1.29 is 9.47 Å². The summed E-state index contributed by atoms with van der Waals surface area (Å²) in [4.78, 5) is 1.41. The lowest BCUT2D eigenvalue weighted by molar-refractivity contribution is 0.312. The maximum Gasteiger partial charge on any atom is 0.133 e. The average molecular weight is 356 g/mol. The van der Waals surface area contributed by atoms with Crippen molar-refractivity contribution in [3.63, 3.8) is 0 Å². The molecule has 0 aliphatic carbocycles. The van der Waals surface area contributed by atoms with Gasteiger partial charge in [-0.05, 0) is 52.0 Å². The van der Waals surface area contributed by atoms with Crippen LogP contribution in [0.4, 0.5) is 0 Å². The number of rotatable bonds is 8. The third-order valence-electron chi connectivity index (χ3n) is 2.80. The summed E-state index contributed by atoms with van der Waals surface area (Å²) in [5.74, 6) is 1.66. The predicted molar refractivity (Wildman–Crippen MR) is 87.1 cm³/mol. The lowest BCUT2D eigenvalue weighted by Crippen LogP contribution is -2.23. The molecule has 2 rings (SSSR count). The minimum absolute atomic E-state index is 0.648. The Labute approximate surface area is 132 Å². The third-order valence-corrected chi connectivity index (χ3v) is 4.36. The molecule has 1 aromatic carbocycles.